The summed E-state index contributed by atoms with van der Waals surface area (Å²) in [5.74, 6) is 0. The highest BCUT2D eigenvalue weighted by Crippen LogP contribution is 2.61. The summed E-state index contributed by atoms with van der Waals surface area (Å²) in [6.07, 6.45) is 0. The number of anilines is 3. The van der Waals surface area contributed by atoms with Crippen LogP contribution in [0.25, 0.3) is 83.1 Å². The lowest BCUT2D eigenvalue weighted by atomic mass is 9.65. The molecule has 0 saturated heterocycles. The molecule has 2 nitrogen and oxygen atoms in total. The zero-order chi connectivity index (χ0) is 45.5. The van der Waals surface area contributed by atoms with Crippen LogP contribution >= 0.6 is 0 Å². The first-order chi connectivity index (χ1) is 34.2. The van der Waals surface area contributed by atoms with Gasteiger partial charge in [0.05, 0.1) is 27.8 Å². The second-order valence-electron chi connectivity index (χ2n) is 18.4. The number of nitrogens with zero attached hydrogens (tertiary/aromatic N) is 2. The van der Waals surface area contributed by atoms with Gasteiger partial charge in [-0.15, -0.1) is 0 Å². The highest BCUT2D eigenvalue weighted by molar-refractivity contribution is 6.14. The Labute approximate surface area is 402 Å². The number of para-hydroxylation sites is 3. The van der Waals surface area contributed by atoms with Crippen LogP contribution in [0, 0.1) is 0 Å². The van der Waals surface area contributed by atoms with E-state index in [4.69, 9.17) is 0 Å². The SMILES string of the molecule is c1ccc(-c2ccc(-c3ccc(N(c4ccc5c(c4)c4cccc6c4n5-c4ccccc4C64c5ccccc5-c5ccccc54)c4ccccc4-c4cccc(-c5ccccc5)c4)cc3)cc2)cc1. The van der Waals surface area contributed by atoms with Gasteiger partial charge in [0.2, 0.25) is 0 Å². The quantitative estimate of drug-likeness (QED) is 0.155. The minimum atomic E-state index is -0.459. The molecule has 0 fully saturated rings. The van der Waals surface area contributed by atoms with Crippen LogP contribution in [0.15, 0.2) is 267 Å². The first-order valence-electron chi connectivity index (χ1n) is 23.9. The lowest BCUT2D eigenvalue weighted by Crippen LogP contribution is -2.33. The fraction of sp³-hybridized carbons (Fsp3) is 0.0149. The molecule has 1 aliphatic carbocycles. The highest BCUT2D eigenvalue weighted by atomic mass is 15.1. The zero-order valence-corrected chi connectivity index (χ0v) is 37.8. The Hall–Kier alpha value is -8.98. The van der Waals surface area contributed by atoms with E-state index in [1.165, 1.54) is 99.8 Å². The predicted molar refractivity (Wildman–Crippen MR) is 288 cm³/mol. The van der Waals surface area contributed by atoms with Gasteiger partial charge in [0.25, 0.3) is 0 Å². The molecule has 12 aromatic rings. The van der Waals surface area contributed by atoms with Crippen LogP contribution in [0.3, 0.4) is 0 Å². The molecule has 322 valence electrons. The van der Waals surface area contributed by atoms with E-state index in [9.17, 15) is 0 Å². The van der Waals surface area contributed by atoms with Crippen LogP contribution in [0.4, 0.5) is 17.1 Å². The van der Waals surface area contributed by atoms with Crippen molar-refractivity contribution < 1.29 is 0 Å². The molecule has 1 aliphatic heterocycles. The minimum absolute atomic E-state index is 0.459. The van der Waals surface area contributed by atoms with Crippen LogP contribution in [0.1, 0.15) is 22.3 Å². The van der Waals surface area contributed by atoms with E-state index >= 15 is 0 Å². The lowest BCUT2D eigenvalue weighted by Gasteiger charge is -2.39. The molecule has 0 unspecified atom stereocenters. The third-order valence-electron chi connectivity index (χ3n) is 14.8. The molecule has 1 aromatic heterocycles. The minimum Gasteiger partial charge on any atom is -0.310 e. The smallest absolute Gasteiger partial charge is 0.0754 e. The molecule has 0 saturated carbocycles. The van der Waals surface area contributed by atoms with Gasteiger partial charge in [0.1, 0.15) is 0 Å². The maximum Gasteiger partial charge on any atom is 0.0754 e. The van der Waals surface area contributed by atoms with E-state index in [0.717, 1.165) is 22.6 Å². The summed E-state index contributed by atoms with van der Waals surface area (Å²) < 4.78 is 2.54. The molecule has 1 spiro atoms. The van der Waals surface area contributed by atoms with Gasteiger partial charge in [-0.2, -0.15) is 0 Å². The Morgan fingerprint density at radius 2 is 0.768 bits per heavy atom. The Kier molecular flexibility index (Phi) is 8.84. The molecule has 14 rings (SSSR count). The molecule has 2 heterocycles. The number of hydrogen-bond donors (Lipinski definition) is 0. The molecule has 2 heteroatoms. The summed E-state index contributed by atoms with van der Waals surface area (Å²) >= 11 is 0. The summed E-state index contributed by atoms with van der Waals surface area (Å²) in [5.41, 5.74) is 24.0. The Morgan fingerprint density at radius 3 is 1.45 bits per heavy atom. The van der Waals surface area contributed by atoms with Crippen molar-refractivity contribution in [1.82, 2.24) is 4.57 Å². The standard InChI is InChI=1S/C67H44N2/c1-3-17-45(18-4-1)47-33-35-48(36-34-47)49-37-39-52(40-38-49)68(63-31-13-9-23-54(63)51-22-15-21-50(43-51)46-19-5-2-6-20-46)53-41-42-64-58(44-53)57-26-16-30-62-66(57)69(64)65-32-14-12-29-61(65)67(62)59-27-10-7-24-55(59)56-25-8-11-28-60(56)67/h1-44H. The zero-order valence-electron chi connectivity index (χ0n) is 37.8. The van der Waals surface area contributed by atoms with Crippen molar-refractivity contribution >= 4 is 38.9 Å². The summed E-state index contributed by atoms with van der Waals surface area (Å²) in [5, 5.41) is 2.47. The summed E-state index contributed by atoms with van der Waals surface area (Å²) in [6, 6.07) is 98.5. The Balaban J connectivity index is 0.970. The first-order valence-corrected chi connectivity index (χ1v) is 23.9. The molecule has 0 radical (unpaired) electrons. The molecule has 0 N–H and O–H groups in total. The predicted octanol–water partition coefficient (Wildman–Crippen LogP) is 17.6. The molecule has 0 atom stereocenters. The fourth-order valence-electron chi connectivity index (χ4n) is 11.8. The molecule has 69 heavy (non-hydrogen) atoms. The van der Waals surface area contributed by atoms with Gasteiger partial charge in [-0.1, -0.05) is 218 Å². The van der Waals surface area contributed by atoms with E-state index in [1.807, 2.05) is 0 Å². The van der Waals surface area contributed by atoms with Crippen molar-refractivity contribution in [1.29, 1.82) is 0 Å². The normalized spacial score (nSPS) is 12.8. The van der Waals surface area contributed by atoms with Crippen LogP contribution in [0.5, 0.6) is 0 Å². The van der Waals surface area contributed by atoms with Crippen LogP contribution in [-0.2, 0) is 5.41 Å². The first kappa shape index (κ1) is 39.2. The summed E-state index contributed by atoms with van der Waals surface area (Å²) in [4.78, 5) is 2.46. The van der Waals surface area contributed by atoms with Gasteiger partial charge in [-0.05, 0) is 121 Å². The van der Waals surface area contributed by atoms with Crippen LogP contribution in [0.2, 0.25) is 0 Å². The molecule has 0 amide bonds. The number of hydrogen-bond acceptors (Lipinski definition) is 1. The highest BCUT2D eigenvalue weighted by Gasteiger charge is 2.50. The van der Waals surface area contributed by atoms with Gasteiger partial charge >= 0.3 is 0 Å². The Bertz CT molecular complexity index is 3890. The third kappa shape index (κ3) is 5.92. The van der Waals surface area contributed by atoms with Crippen molar-refractivity contribution in [3.63, 3.8) is 0 Å². The molecule has 2 aliphatic rings. The number of rotatable bonds is 7. The topological polar surface area (TPSA) is 8.17 Å². The van der Waals surface area contributed by atoms with Gasteiger partial charge in [0, 0.05) is 27.7 Å². The van der Waals surface area contributed by atoms with E-state index in [0.29, 0.717) is 0 Å². The molecule has 0 bridgehead atoms. The fourth-order valence-corrected chi connectivity index (χ4v) is 11.8. The van der Waals surface area contributed by atoms with E-state index in [1.54, 1.807) is 0 Å². The average molecular weight is 877 g/mol. The van der Waals surface area contributed by atoms with Gasteiger partial charge in [-0.25, -0.2) is 0 Å². The second kappa shape index (κ2) is 15.6. The summed E-state index contributed by atoms with van der Waals surface area (Å²) in [6.45, 7) is 0. The van der Waals surface area contributed by atoms with Crippen molar-refractivity contribution in [3.05, 3.63) is 289 Å². The second-order valence-corrected chi connectivity index (χ2v) is 18.4. The lowest BCUT2D eigenvalue weighted by molar-refractivity contribution is 0.748. The van der Waals surface area contributed by atoms with Crippen molar-refractivity contribution in [2.75, 3.05) is 4.90 Å². The van der Waals surface area contributed by atoms with E-state index in [-0.39, 0.29) is 0 Å². The summed E-state index contributed by atoms with van der Waals surface area (Å²) in [7, 11) is 0. The number of aromatic nitrogens is 1. The van der Waals surface area contributed by atoms with Crippen LogP contribution in [-0.4, -0.2) is 4.57 Å². The largest absolute Gasteiger partial charge is 0.310 e. The Morgan fingerprint density at radius 1 is 0.290 bits per heavy atom. The van der Waals surface area contributed by atoms with Crippen molar-refractivity contribution in [2.24, 2.45) is 0 Å². The van der Waals surface area contributed by atoms with Crippen LogP contribution < -0.4 is 4.90 Å². The molecular weight excluding hydrogens is 833 g/mol. The third-order valence-corrected chi connectivity index (χ3v) is 14.8. The maximum absolute atomic E-state index is 2.54. The van der Waals surface area contributed by atoms with Crippen molar-refractivity contribution in [2.45, 2.75) is 5.41 Å². The number of benzene rings is 11. The monoisotopic (exact) mass is 876 g/mol. The van der Waals surface area contributed by atoms with Crippen molar-refractivity contribution in [3.8, 4) is 61.3 Å². The molecule has 11 aromatic carbocycles. The molecular formula is C67H44N2. The van der Waals surface area contributed by atoms with Gasteiger partial charge < -0.3 is 9.47 Å². The average Bonchev–Trinajstić information content (AvgIpc) is 3.92. The van der Waals surface area contributed by atoms with E-state index in [2.05, 4.69) is 276 Å². The maximum atomic E-state index is 2.54. The number of fused-ring (bicyclic) bond motifs is 12. The van der Waals surface area contributed by atoms with Gasteiger partial charge in [0.15, 0.2) is 0 Å². The van der Waals surface area contributed by atoms with E-state index < -0.39 is 5.41 Å². The van der Waals surface area contributed by atoms with Gasteiger partial charge in [-0.3, -0.25) is 0 Å².